The summed E-state index contributed by atoms with van der Waals surface area (Å²) in [6.07, 6.45) is 4.26. The number of halogens is 1. The van der Waals surface area contributed by atoms with Gasteiger partial charge in [-0.1, -0.05) is 12.8 Å². The van der Waals surface area contributed by atoms with Crippen molar-refractivity contribution < 1.29 is 39.1 Å². The lowest BCUT2D eigenvalue weighted by Crippen LogP contribution is -2.56. The van der Waals surface area contributed by atoms with Gasteiger partial charge < -0.3 is 39.7 Å². The topological polar surface area (TPSA) is 138 Å². The van der Waals surface area contributed by atoms with E-state index < -0.39 is 24.2 Å². The second kappa shape index (κ2) is 15.0. The minimum Gasteiger partial charge on any atom is -0.493 e. The second-order valence-electron chi connectivity index (χ2n) is 9.72. The van der Waals surface area contributed by atoms with E-state index in [-0.39, 0.29) is 45.2 Å². The monoisotopic (exact) mass is 646 g/mol. The number of nitrogens with zero attached hydrogens (tertiary/aromatic N) is 1. The maximum absolute atomic E-state index is 13.5. The minimum atomic E-state index is -1.13. The zero-order valence-corrected chi connectivity index (χ0v) is 24.2. The molecule has 212 valence electrons. The average molecular weight is 647 g/mol. The van der Waals surface area contributed by atoms with E-state index in [9.17, 15) is 24.9 Å². The SMILES string of the molecule is COCCN(C(=O)CC1CCCC1)[C@@H]1CC(C(=O)NCCO)=C[C@H](Oc2c(I)cc(CO)cc2OC)[C@H]1O. The lowest BCUT2D eigenvalue weighted by atomic mass is 9.87. The van der Waals surface area contributed by atoms with Crippen molar-refractivity contribution in [3.05, 3.63) is 32.9 Å². The highest BCUT2D eigenvalue weighted by Crippen LogP contribution is 2.37. The Labute approximate surface area is 237 Å². The molecular weight excluding hydrogens is 607 g/mol. The van der Waals surface area contributed by atoms with Crippen molar-refractivity contribution >= 4 is 34.4 Å². The highest BCUT2D eigenvalue weighted by Gasteiger charge is 2.41. The van der Waals surface area contributed by atoms with Gasteiger partial charge in [-0.2, -0.15) is 0 Å². The van der Waals surface area contributed by atoms with Crippen molar-refractivity contribution in [1.82, 2.24) is 10.2 Å². The number of amides is 2. The number of hydrogen-bond donors (Lipinski definition) is 4. The summed E-state index contributed by atoms with van der Waals surface area (Å²) in [6, 6.07) is 2.68. The highest BCUT2D eigenvalue weighted by molar-refractivity contribution is 14.1. The first-order chi connectivity index (χ1) is 18.3. The number of carbonyl (C=O) groups excluding carboxylic acids is 2. The highest BCUT2D eigenvalue weighted by atomic mass is 127. The van der Waals surface area contributed by atoms with Gasteiger partial charge in [0.1, 0.15) is 12.2 Å². The maximum atomic E-state index is 13.5. The zero-order chi connectivity index (χ0) is 27.7. The van der Waals surface area contributed by atoms with E-state index in [1.807, 2.05) is 0 Å². The van der Waals surface area contributed by atoms with E-state index in [1.165, 1.54) is 7.11 Å². The first kappa shape index (κ1) is 30.6. The van der Waals surface area contributed by atoms with Crippen LogP contribution in [0, 0.1) is 9.49 Å². The molecule has 4 N–H and O–H groups in total. The number of methoxy groups -OCH3 is 2. The number of nitrogens with one attached hydrogen (secondary N) is 1. The number of aliphatic hydroxyl groups is 3. The molecule has 0 unspecified atom stereocenters. The van der Waals surface area contributed by atoms with Crippen molar-refractivity contribution in [1.29, 1.82) is 0 Å². The molecule has 0 aromatic heterocycles. The molecule has 10 nitrogen and oxygen atoms in total. The average Bonchev–Trinajstić information content (AvgIpc) is 3.42. The number of hydrogen-bond acceptors (Lipinski definition) is 8. The third-order valence-corrected chi connectivity index (χ3v) is 7.94. The molecule has 3 rings (SSSR count). The molecular formula is C27H39IN2O8. The van der Waals surface area contributed by atoms with Crippen LogP contribution in [0.2, 0.25) is 0 Å². The van der Waals surface area contributed by atoms with E-state index in [1.54, 1.807) is 30.2 Å². The summed E-state index contributed by atoms with van der Waals surface area (Å²) in [7, 11) is 3.04. The van der Waals surface area contributed by atoms with E-state index in [0.29, 0.717) is 38.5 Å². The third kappa shape index (κ3) is 7.81. The van der Waals surface area contributed by atoms with Crippen LogP contribution in [0.15, 0.2) is 23.8 Å². The van der Waals surface area contributed by atoms with Crippen LogP contribution in [-0.4, -0.2) is 90.8 Å². The van der Waals surface area contributed by atoms with E-state index in [4.69, 9.17) is 14.2 Å². The Hall–Kier alpha value is -1.93. The minimum absolute atomic E-state index is 0.0757. The predicted octanol–water partition coefficient (Wildman–Crippen LogP) is 1.76. The maximum Gasteiger partial charge on any atom is 0.247 e. The van der Waals surface area contributed by atoms with Crippen LogP contribution in [0.25, 0.3) is 0 Å². The Morgan fingerprint density at radius 1 is 1.18 bits per heavy atom. The van der Waals surface area contributed by atoms with Crippen LogP contribution in [0.3, 0.4) is 0 Å². The Balaban J connectivity index is 1.95. The lowest BCUT2D eigenvalue weighted by molar-refractivity contribution is -0.140. The van der Waals surface area contributed by atoms with Gasteiger partial charge in [0.15, 0.2) is 11.5 Å². The van der Waals surface area contributed by atoms with Crippen molar-refractivity contribution in [2.75, 3.05) is 40.5 Å². The summed E-state index contributed by atoms with van der Waals surface area (Å²) in [5.41, 5.74) is 0.999. The summed E-state index contributed by atoms with van der Waals surface area (Å²) in [4.78, 5) is 28.1. The first-order valence-corrected chi connectivity index (χ1v) is 14.1. The predicted molar refractivity (Wildman–Crippen MR) is 149 cm³/mol. The Bertz CT molecular complexity index is 982. The molecule has 38 heavy (non-hydrogen) atoms. The molecule has 0 bridgehead atoms. The third-order valence-electron chi connectivity index (χ3n) is 7.14. The van der Waals surface area contributed by atoms with Gasteiger partial charge in [0.05, 0.1) is 36.5 Å². The lowest BCUT2D eigenvalue weighted by Gasteiger charge is -2.41. The normalized spacial score (nSPS) is 21.6. The van der Waals surface area contributed by atoms with Gasteiger partial charge in [-0.05, 0) is 65.1 Å². The van der Waals surface area contributed by atoms with Crippen molar-refractivity contribution in [3.8, 4) is 11.5 Å². The molecule has 1 saturated carbocycles. The molecule has 0 aliphatic heterocycles. The molecule has 2 aliphatic carbocycles. The summed E-state index contributed by atoms with van der Waals surface area (Å²) < 4.78 is 17.7. The molecule has 1 fully saturated rings. The van der Waals surface area contributed by atoms with Crippen LogP contribution < -0.4 is 14.8 Å². The van der Waals surface area contributed by atoms with Crippen LogP contribution in [-0.2, 0) is 20.9 Å². The molecule has 1 aromatic carbocycles. The molecule has 1 aromatic rings. The number of ether oxygens (including phenoxy) is 3. The summed E-state index contributed by atoms with van der Waals surface area (Å²) >= 11 is 2.07. The van der Waals surface area contributed by atoms with E-state index >= 15 is 0 Å². The standard InChI is InChI=1S/C27H39IN2O8/c1-36-10-8-30(24(33)13-17-5-3-4-6-17)21-14-19(27(35)29-7-9-31)15-22(25(21)34)38-26-20(28)11-18(16-32)12-23(26)37-2/h11-12,15,17,21-22,25,31-32,34H,3-10,13-14,16H2,1-2H3,(H,29,35)/t21-,22+,25+/m1/s1. The van der Waals surface area contributed by atoms with Gasteiger partial charge in [0, 0.05) is 38.6 Å². The fraction of sp³-hybridized carbons (Fsp3) is 0.630. The number of aliphatic hydroxyl groups excluding tert-OH is 3. The smallest absolute Gasteiger partial charge is 0.247 e. The summed E-state index contributed by atoms with van der Waals surface area (Å²) in [6.45, 7) is 0.255. The molecule has 0 saturated heterocycles. The number of rotatable bonds is 13. The molecule has 0 radical (unpaired) electrons. The Morgan fingerprint density at radius 3 is 2.55 bits per heavy atom. The van der Waals surface area contributed by atoms with E-state index in [0.717, 1.165) is 25.7 Å². The molecule has 2 aliphatic rings. The Morgan fingerprint density at radius 2 is 1.92 bits per heavy atom. The van der Waals surface area contributed by atoms with Gasteiger partial charge in [0.25, 0.3) is 0 Å². The van der Waals surface area contributed by atoms with Gasteiger partial charge in [-0.15, -0.1) is 0 Å². The summed E-state index contributed by atoms with van der Waals surface area (Å²) in [5.74, 6) is 0.592. The van der Waals surface area contributed by atoms with Gasteiger partial charge in [-0.3, -0.25) is 9.59 Å². The second-order valence-corrected chi connectivity index (χ2v) is 10.9. The van der Waals surface area contributed by atoms with Crippen LogP contribution in [0.5, 0.6) is 11.5 Å². The number of carbonyl (C=O) groups is 2. The first-order valence-electron chi connectivity index (χ1n) is 13.0. The molecule has 2 amide bonds. The zero-order valence-electron chi connectivity index (χ0n) is 22.0. The molecule has 11 heteroatoms. The van der Waals surface area contributed by atoms with Crippen LogP contribution in [0.4, 0.5) is 0 Å². The van der Waals surface area contributed by atoms with E-state index in [2.05, 4.69) is 27.9 Å². The fourth-order valence-electron chi connectivity index (χ4n) is 5.14. The van der Waals surface area contributed by atoms with Gasteiger partial charge in [-0.25, -0.2) is 0 Å². The van der Waals surface area contributed by atoms with Gasteiger partial charge in [0.2, 0.25) is 11.8 Å². The molecule has 3 atom stereocenters. The summed E-state index contributed by atoms with van der Waals surface area (Å²) in [5, 5.41) is 33.0. The fourth-order valence-corrected chi connectivity index (χ4v) is 5.93. The quantitative estimate of drug-likeness (QED) is 0.238. The van der Waals surface area contributed by atoms with Crippen LogP contribution >= 0.6 is 22.6 Å². The molecule has 0 heterocycles. The van der Waals surface area contributed by atoms with Crippen molar-refractivity contribution in [2.24, 2.45) is 5.92 Å². The van der Waals surface area contributed by atoms with Crippen molar-refractivity contribution in [3.63, 3.8) is 0 Å². The molecule has 0 spiro atoms. The largest absolute Gasteiger partial charge is 0.493 e. The van der Waals surface area contributed by atoms with Gasteiger partial charge >= 0.3 is 0 Å². The van der Waals surface area contributed by atoms with Crippen molar-refractivity contribution in [2.45, 2.75) is 63.4 Å². The van der Waals surface area contributed by atoms with Crippen LogP contribution in [0.1, 0.15) is 44.1 Å². The number of benzene rings is 1. The Kier molecular flexibility index (Phi) is 12.1.